The lowest BCUT2D eigenvalue weighted by molar-refractivity contribution is 0.280. The zero-order chi connectivity index (χ0) is 9.83. The van der Waals surface area contributed by atoms with Gasteiger partial charge in [-0.3, -0.25) is 4.99 Å². The molecule has 0 saturated carbocycles. The molecule has 0 radical (unpaired) electrons. The van der Waals surface area contributed by atoms with Crippen molar-refractivity contribution in [2.45, 2.75) is 59.4 Å². The van der Waals surface area contributed by atoms with Crippen LogP contribution in [0.2, 0.25) is 0 Å². The van der Waals surface area contributed by atoms with Gasteiger partial charge in [0.25, 0.3) is 0 Å². The van der Waals surface area contributed by atoms with Gasteiger partial charge in [0.1, 0.15) is 0 Å². The van der Waals surface area contributed by atoms with Crippen molar-refractivity contribution in [1.29, 1.82) is 0 Å². The lowest BCUT2D eigenvalue weighted by Gasteiger charge is -2.27. The summed E-state index contributed by atoms with van der Waals surface area (Å²) in [4.78, 5) is 4.11. The summed E-state index contributed by atoms with van der Waals surface area (Å²) >= 11 is 0. The minimum absolute atomic E-state index is 0.0619. The van der Waals surface area contributed by atoms with Crippen molar-refractivity contribution in [2.24, 2.45) is 10.4 Å². The van der Waals surface area contributed by atoms with E-state index in [1.165, 1.54) is 12.8 Å². The Bertz CT molecular complexity index is 145. The molecular formula is C11H23N. The monoisotopic (exact) mass is 169 g/mol. The van der Waals surface area contributed by atoms with E-state index in [1.54, 1.807) is 0 Å². The first-order valence-electron chi connectivity index (χ1n) is 4.81. The Morgan fingerprint density at radius 1 is 1.08 bits per heavy atom. The molecule has 0 saturated heterocycles. The van der Waals surface area contributed by atoms with Gasteiger partial charge < -0.3 is 0 Å². The lowest BCUT2D eigenvalue weighted by Crippen LogP contribution is -2.20. The van der Waals surface area contributed by atoms with Crippen molar-refractivity contribution in [1.82, 2.24) is 0 Å². The average molecular weight is 169 g/mol. The molecule has 0 aliphatic rings. The van der Waals surface area contributed by atoms with Crippen molar-refractivity contribution >= 4 is 6.72 Å². The molecule has 0 aliphatic heterocycles. The van der Waals surface area contributed by atoms with Crippen LogP contribution in [0.1, 0.15) is 53.9 Å². The van der Waals surface area contributed by atoms with E-state index < -0.39 is 0 Å². The molecule has 12 heavy (non-hydrogen) atoms. The molecule has 1 heteroatoms. The van der Waals surface area contributed by atoms with Crippen molar-refractivity contribution in [3.05, 3.63) is 0 Å². The van der Waals surface area contributed by atoms with Crippen LogP contribution >= 0.6 is 0 Å². The molecule has 0 unspecified atom stereocenters. The second-order valence-electron chi connectivity index (χ2n) is 4.99. The third-order valence-corrected chi connectivity index (χ3v) is 2.80. The SMILES string of the molecule is C=NC(C)(C)CCC(C)(C)CC. The molecular weight excluding hydrogens is 146 g/mol. The molecule has 72 valence electrons. The van der Waals surface area contributed by atoms with E-state index in [0.29, 0.717) is 5.41 Å². The predicted octanol–water partition coefficient (Wildman–Crippen LogP) is 3.68. The Hall–Kier alpha value is -0.330. The summed E-state index contributed by atoms with van der Waals surface area (Å²) in [5.41, 5.74) is 0.522. The molecule has 1 nitrogen and oxygen atoms in total. The number of nitrogens with zero attached hydrogens (tertiary/aromatic N) is 1. The highest BCUT2D eigenvalue weighted by Crippen LogP contribution is 2.30. The summed E-state index contributed by atoms with van der Waals surface area (Å²) in [6.45, 7) is 14.8. The van der Waals surface area contributed by atoms with E-state index in [2.05, 4.69) is 46.3 Å². The van der Waals surface area contributed by atoms with Crippen LogP contribution in [0.15, 0.2) is 4.99 Å². The fourth-order valence-electron chi connectivity index (χ4n) is 0.900. The van der Waals surface area contributed by atoms with Crippen LogP contribution in [-0.2, 0) is 0 Å². The van der Waals surface area contributed by atoms with Gasteiger partial charge >= 0.3 is 0 Å². The van der Waals surface area contributed by atoms with Gasteiger partial charge in [0.15, 0.2) is 0 Å². The zero-order valence-electron chi connectivity index (χ0n) is 9.28. The van der Waals surface area contributed by atoms with Crippen LogP contribution in [0.4, 0.5) is 0 Å². The number of rotatable bonds is 5. The van der Waals surface area contributed by atoms with Crippen molar-refractivity contribution in [2.75, 3.05) is 0 Å². The molecule has 0 aliphatic carbocycles. The van der Waals surface area contributed by atoms with E-state index in [0.717, 1.165) is 6.42 Å². The quantitative estimate of drug-likeness (QED) is 0.557. The number of hydrogen-bond acceptors (Lipinski definition) is 1. The van der Waals surface area contributed by atoms with Gasteiger partial charge in [-0.1, -0.05) is 27.2 Å². The first-order chi connectivity index (χ1) is 5.33. The molecule has 0 bridgehead atoms. The van der Waals surface area contributed by atoms with Crippen LogP contribution in [0.25, 0.3) is 0 Å². The second kappa shape index (κ2) is 4.06. The zero-order valence-corrected chi connectivity index (χ0v) is 9.28. The summed E-state index contributed by atoms with van der Waals surface area (Å²) in [7, 11) is 0. The van der Waals surface area contributed by atoms with E-state index in [-0.39, 0.29) is 5.54 Å². The van der Waals surface area contributed by atoms with Gasteiger partial charge in [-0.15, -0.1) is 0 Å². The summed E-state index contributed by atoms with van der Waals surface area (Å²) in [5, 5.41) is 0. The minimum Gasteiger partial charge on any atom is -0.295 e. The van der Waals surface area contributed by atoms with Crippen LogP contribution in [-0.4, -0.2) is 12.3 Å². The standard InChI is InChI=1S/C11H23N/c1-7-10(2,3)8-9-11(4,5)12-6/h6-9H2,1-5H3. The Morgan fingerprint density at radius 3 is 1.92 bits per heavy atom. The van der Waals surface area contributed by atoms with Crippen LogP contribution in [0.3, 0.4) is 0 Å². The Labute approximate surface area is 77.3 Å². The van der Waals surface area contributed by atoms with Gasteiger partial charge in [-0.2, -0.15) is 0 Å². The topological polar surface area (TPSA) is 12.4 Å². The summed E-state index contributed by atoms with van der Waals surface area (Å²) < 4.78 is 0. The first kappa shape index (κ1) is 11.7. The highest BCUT2D eigenvalue weighted by molar-refractivity contribution is 5.25. The third kappa shape index (κ3) is 4.53. The Balaban J connectivity index is 3.90. The van der Waals surface area contributed by atoms with E-state index >= 15 is 0 Å². The fraction of sp³-hybridized carbons (Fsp3) is 0.909. The Kier molecular flexibility index (Phi) is 3.95. The molecule has 0 amide bonds. The maximum Gasteiger partial charge on any atom is 0.0545 e. The highest BCUT2D eigenvalue weighted by Gasteiger charge is 2.21. The van der Waals surface area contributed by atoms with Gasteiger partial charge in [0.2, 0.25) is 0 Å². The molecule has 0 heterocycles. The predicted molar refractivity (Wildman–Crippen MR) is 56.9 cm³/mol. The minimum atomic E-state index is 0.0619. The molecule has 0 aromatic rings. The van der Waals surface area contributed by atoms with E-state index in [4.69, 9.17) is 0 Å². The van der Waals surface area contributed by atoms with Crippen LogP contribution in [0, 0.1) is 5.41 Å². The maximum atomic E-state index is 4.11. The van der Waals surface area contributed by atoms with E-state index in [9.17, 15) is 0 Å². The molecule has 0 rings (SSSR count). The van der Waals surface area contributed by atoms with Crippen molar-refractivity contribution < 1.29 is 0 Å². The van der Waals surface area contributed by atoms with Gasteiger partial charge in [0, 0.05) is 0 Å². The molecule has 0 spiro atoms. The van der Waals surface area contributed by atoms with E-state index in [1.807, 2.05) is 0 Å². The molecule has 0 N–H and O–H groups in total. The summed E-state index contributed by atoms with van der Waals surface area (Å²) in [5.74, 6) is 0. The average Bonchev–Trinajstić information content (AvgIpc) is 2.02. The maximum absolute atomic E-state index is 4.11. The van der Waals surface area contributed by atoms with Gasteiger partial charge in [-0.05, 0) is 38.8 Å². The smallest absolute Gasteiger partial charge is 0.0545 e. The largest absolute Gasteiger partial charge is 0.295 e. The molecule has 0 atom stereocenters. The van der Waals surface area contributed by atoms with Crippen LogP contribution in [0.5, 0.6) is 0 Å². The second-order valence-corrected chi connectivity index (χ2v) is 4.99. The fourth-order valence-corrected chi connectivity index (χ4v) is 0.900. The summed E-state index contributed by atoms with van der Waals surface area (Å²) in [6.07, 6.45) is 3.60. The molecule has 0 fully saturated rings. The van der Waals surface area contributed by atoms with Gasteiger partial charge in [-0.25, -0.2) is 0 Å². The molecule has 0 aromatic heterocycles. The first-order valence-corrected chi connectivity index (χ1v) is 4.81. The van der Waals surface area contributed by atoms with Crippen LogP contribution < -0.4 is 0 Å². The van der Waals surface area contributed by atoms with Gasteiger partial charge in [0.05, 0.1) is 5.54 Å². The van der Waals surface area contributed by atoms with Crippen molar-refractivity contribution in [3.8, 4) is 0 Å². The normalized spacial score (nSPS) is 13.1. The van der Waals surface area contributed by atoms with Crippen molar-refractivity contribution in [3.63, 3.8) is 0 Å². The number of aliphatic imine (C=N–C) groups is 1. The molecule has 0 aromatic carbocycles. The Morgan fingerprint density at radius 2 is 1.58 bits per heavy atom. The highest BCUT2D eigenvalue weighted by atomic mass is 14.8. The summed E-state index contributed by atoms with van der Waals surface area (Å²) in [6, 6.07) is 0. The number of hydrogen-bond donors (Lipinski definition) is 0. The third-order valence-electron chi connectivity index (χ3n) is 2.80. The lowest BCUT2D eigenvalue weighted by atomic mass is 9.81.